The Morgan fingerprint density at radius 3 is 2.61 bits per heavy atom. The molecule has 5 rings (SSSR count). The normalized spacial score (nSPS) is 18.4. The predicted octanol–water partition coefficient (Wildman–Crippen LogP) is 5.84. The third kappa shape index (κ3) is 4.77. The van der Waals surface area contributed by atoms with Crippen LogP contribution in [0.1, 0.15) is 61.1 Å². The zero-order valence-electron chi connectivity index (χ0n) is 18.6. The quantitative estimate of drug-likeness (QED) is 0.502. The van der Waals surface area contributed by atoms with Gasteiger partial charge in [-0.2, -0.15) is 0 Å². The number of piperidine rings is 1. The molecule has 1 saturated heterocycles. The van der Waals surface area contributed by atoms with Crippen molar-refractivity contribution in [2.24, 2.45) is 11.8 Å². The Kier molecular flexibility index (Phi) is 5.95. The summed E-state index contributed by atoms with van der Waals surface area (Å²) in [5.41, 5.74) is 5.16. The molecule has 1 unspecified atom stereocenters. The monoisotopic (exact) mass is 414 g/mol. The lowest BCUT2D eigenvalue weighted by Gasteiger charge is -2.23. The number of carbonyl (C=O) groups is 1. The highest BCUT2D eigenvalue weighted by Gasteiger charge is 2.27. The molecule has 0 spiro atoms. The molecule has 2 aliphatic rings. The van der Waals surface area contributed by atoms with Crippen LogP contribution in [0.5, 0.6) is 0 Å². The van der Waals surface area contributed by atoms with E-state index in [0.717, 1.165) is 44.8 Å². The van der Waals surface area contributed by atoms with Crippen LogP contribution in [0.2, 0.25) is 0 Å². The number of fused-ring (bicyclic) bond motifs is 1. The molecule has 1 aromatic heterocycles. The first kappa shape index (κ1) is 20.5. The minimum atomic E-state index is 0.125. The molecule has 2 fully saturated rings. The van der Waals surface area contributed by atoms with Crippen molar-refractivity contribution in [2.75, 3.05) is 13.1 Å². The van der Waals surface area contributed by atoms with Crippen molar-refractivity contribution in [3.8, 4) is 0 Å². The van der Waals surface area contributed by atoms with Crippen LogP contribution in [-0.4, -0.2) is 23.4 Å². The van der Waals surface area contributed by atoms with Gasteiger partial charge in [-0.3, -0.25) is 4.79 Å². The number of benzene rings is 2. The number of aromatic nitrogens is 1. The van der Waals surface area contributed by atoms with Crippen LogP contribution in [0.15, 0.2) is 54.7 Å². The van der Waals surface area contributed by atoms with Crippen LogP contribution in [0.4, 0.5) is 0 Å². The maximum Gasteiger partial charge on any atom is 0.134 e. The molecule has 0 amide bonds. The number of carbonyl (C=O) groups excluding carboxylic acids is 1. The van der Waals surface area contributed by atoms with Gasteiger partial charge in [0.25, 0.3) is 0 Å². The second kappa shape index (κ2) is 9.00. The summed E-state index contributed by atoms with van der Waals surface area (Å²) in [5, 5.41) is 4.73. The largest absolute Gasteiger partial charge is 0.347 e. The molecule has 2 heterocycles. The summed E-state index contributed by atoms with van der Waals surface area (Å²) in [4.78, 5) is 13.3. The summed E-state index contributed by atoms with van der Waals surface area (Å²) in [6, 6.07) is 17.5. The second-order valence-corrected chi connectivity index (χ2v) is 9.80. The summed E-state index contributed by atoms with van der Waals surface area (Å²) >= 11 is 0. The van der Waals surface area contributed by atoms with E-state index >= 15 is 0 Å². The van der Waals surface area contributed by atoms with Crippen LogP contribution < -0.4 is 5.32 Å². The van der Waals surface area contributed by atoms with Crippen molar-refractivity contribution in [3.05, 3.63) is 71.4 Å². The van der Waals surface area contributed by atoms with Crippen molar-refractivity contribution >= 4 is 16.7 Å². The lowest BCUT2D eigenvalue weighted by molar-refractivity contribution is -0.120. The van der Waals surface area contributed by atoms with Gasteiger partial charge in [0.1, 0.15) is 5.78 Å². The number of rotatable bonds is 8. The molecule has 1 N–H and O–H groups in total. The van der Waals surface area contributed by atoms with Crippen LogP contribution >= 0.6 is 0 Å². The zero-order valence-corrected chi connectivity index (χ0v) is 18.6. The van der Waals surface area contributed by atoms with Gasteiger partial charge >= 0.3 is 0 Å². The number of nitrogens with one attached hydrogen (secondary N) is 1. The van der Waals surface area contributed by atoms with E-state index in [1.165, 1.54) is 40.4 Å². The topological polar surface area (TPSA) is 34.0 Å². The number of ketones is 1. The van der Waals surface area contributed by atoms with E-state index in [-0.39, 0.29) is 5.92 Å². The third-order valence-electron chi connectivity index (χ3n) is 7.20. The third-order valence-corrected chi connectivity index (χ3v) is 7.20. The zero-order chi connectivity index (χ0) is 21.2. The summed E-state index contributed by atoms with van der Waals surface area (Å²) in [5.74, 6) is 1.91. The van der Waals surface area contributed by atoms with Crippen molar-refractivity contribution in [2.45, 2.75) is 57.9 Å². The molecule has 1 saturated carbocycles. The predicted molar refractivity (Wildman–Crippen MR) is 128 cm³/mol. The number of hydrogen-bond donors (Lipinski definition) is 1. The van der Waals surface area contributed by atoms with Gasteiger partial charge in [0.05, 0.1) is 0 Å². The van der Waals surface area contributed by atoms with Crippen LogP contribution in [0.3, 0.4) is 0 Å². The van der Waals surface area contributed by atoms with Crippen LogP contribution in [-0.2, 0) is 11.3 Å². The Balaban J connectivity index is 1.49. The van der Waals surface area contributed by atoms with Crippen LogP contribution in [0, 0.1) is 18.8 Å². The van der Waals surface area contributed by atoms with E-state index in [1.54, 1.807) is 0 Å². The Morgan fingerprint density at radius 1 is 1.03 bits per heavy atom. The lowest BCUT2D eigenvalue weighted by atomic mass is 9.83. The molecule has 162 valence electrons. The molecule has 31 heavy (non-hydrogen) atoms. The first-order chi connectivity index (χ1) is 15.2. The second-order valence-electron chi connectivity index (χ2n) is 9.80. The van der Waals surface area contributed by atoms with Gasteiger partial charge in [-0.25, -0.2) is 0 Å². The van der Waals surface area contributed by atoms with Crippen molar-refractivity contribution in [3.63, 3.8) is 0 Å². The van der Waals surface area contributed by atoms with E-state index < -0.39 is 0 Å². The minimum Gasteiger partial charge on any atom is -0.347 e. The molecule has 0 bridgehead atoms. The Hall–Kier alpha value is -2.39. The lowest BCUT2D eigenvalue weighted by Crippen LogP contribution is -2.29. The van der Waals surface area contributed by atoms with Gasteiger partial charge in [-0.1, -0.05) is 48.0 Å². The van der Waals surface area contributed by atoms with Gasteiger partial charge < -0.3 is 9.88 Å². The number of hydrogen-bond acceptors (Lipinski definition) is 2. The van der Waals surface area contributed by atoms with E-state index in [1.807, 2.05) is 0 Å². The number of Topliss-reactive ketones (excluding diaryl/α,β-unsaturated/α-hetero) is 1. The first-order valence-electron chi connectivity index (χ1n) is 12.0. The molecule has 0 radical (unpaired) electrons. The number of aryl methyl sites for hydroxylation is 1. The highest BCUT2D eigenvalue weighted by atomic mass is 16.1. The van der Waals surface area contributed by atoms with Gasteiger partial charge in [0.2, 0.25) is 0 Å². The molecule has 2 aromatic carbocycles. The highest BCUT2D eigenvalue weighted by molar-refractivity contribution is 5.87. The smallest absolute Gasteiger partial charge is 0.134 e. The average Bonchev–Trinajstić information content (AvgIpc) is 3.53. The molecule has 1 atom stereocenters. The molecule has 3 heteroatoms. The van der Waals surface area contributed by atoms with E-state index in [4.69, 9.17) is 0 Å². The summed E-state index contributed by atoms with van der Waals surface area (Å²) < 4.78 is 2.45. The van der Waals surface area contributed by atoms with Crippen LogP contribution in [0.25, 0.3) is 10.9 Å². The first-order valence-corrected chi connectivity index (χ1v) is 12.0. The maximum atomic E-state index is 13.3. The Labute approximate surface area is 185 Å². The van der Waals surface area contributed by atoms with Gasteiger partial charge in [-0.05, 0) is 74.7 Å². The van der Waals surface area contributed by atoms with Crippen molar-refractivity contribution in [1.82, 2.24) is 9.88 Å². The Morgan fingerprint density at radius 2 is 1.84 bits per heavy atom. The van der Waals surface area contributed by atoms with Crippen molar-refractivity contribution in [1.29, 1.82) is 0 Å². The standard InChI is InChI=1S/C28H34N2O/c1-20-5-4-6-23(15-20)26(17-24(31)16-21-11-13-29-14-12-21)27-19-30(18-22-9-10-22)28-8-3-2-7-25(27)28/h2-8,15,19,21-22,26,29H,9-14,16-18H2,1H3. The van der Waals surface area contributed by atoms with Gasteiger partial charge in [0.15, 0.2) is 0 Å². The Bertz CT molecular complexity index is 1060. The van der Waals surface area contributed by atoms with E-state index in [2.05, 4.69) is 71.5 Å². The molecule has 3 nitrogen and oxygen atoms in total. The fourth-order valence-electron chi connectivity index (χ4n) is 5.30. The van der Waals surface area contributed by atoms with Gasteiger partial charge in [-0.15, -0.1) is 0 Å². The molecular weight excluding hydrogens is 380 g/mol. The van der Waals surface area contributed by atoms with Crippen molar-refractivity contribution < 1.29 is 4.79 Å². The maximum absolute atomic E-state index is 13.3. The van der Waals surface area contributed by atoms with Gasteiger partial charge in [0, 0.05) is 42.4 Å². The van der Waals surface area contributed by atoms with E-state index in [9.17, 15) is 4.79 Å². The molecule has 3 aromatic rings. The fourth-order valence-corrected chi connectivity index (χ4v) is 5.30. The fraction of sp³-hybridized carbons (Fsp3) is 0.464. The SMILES string of the molecule is Cc1cccc(C(CC(=O)CC2CCNCC2)c2cn(CC3CC3)c3ccccc23)c1. The molecular formula is C28H34N2O. The molecule has 1 aliphatic carbocycles. The highest BCUT2D eigenvalue weighted by Crippen LogP contribution is 2.38. The summed E-state index contributed by atoms with van der Waals surface area (Å²) in [6.45, 7) is 5.35. The molecule has 1 aliphatic heterocycles. The summed E-state index contributed by atoms with van der Waals surface area (Å²) in [7, 11) is 0. The van der Waals surface area contributed by atoms with E-state index in [0.29, 0.717) is 18.1 Å². The number of para-hydroxylation sites is 1. The minimum absolute atomic E-state index is 0.125. The average molecular weight is 415 g/mol. The number of nitrogens with zero attached hydrogens (tertiary/aromatic N) is 1. The summed E-state index contributed by atoms with van der Waals surface area (Å²) in [6.07, 6.45) is 8.63.